The van der Waals surface area contributed by atoms with Crippen LogP contribution in [0, 0.1) is 0 Å². The Kier molecular flexibility index (Phi) is 5.02. The molecule has 1 atom stereocenters. The molecule has 0 unspecified atom stereocenters. The van der Waals surface area contributed by atoms with E-state index in [9.17, 15) is 4.79 Å². The number of rotatable bonds is 3. The van der Waals surface area contributed by atoms with Gasteiger partial charge in [-0.05, 0) is 24.3 Å². The number of carbonyl (C=O) groups is 1. The Hall–Kier alpha value is -2.21. The standard InChI is InChI=1S/C20H24N4OS/c1-16-14-24(17-6-2-3-7-18(17)26-16)15-20(25)23-12-10-22(11-13-23)19-8-4-5-9-21-19/h2-9,16H,10-15H2,1H3/t16-/m0/s1. The maximum Gasteiger partial charge on any atom is 0.242 e. The molecule has 1 amide bonds. The summed E-state index contributed by atoms with van der Waals surface area (Å²) >= 11 is 1.90. The molecule has 0 saturated carbocycles. The zero-order chi connectivity index (χ0) is 17.9. The number of piperazine rings is 1. The summed E-state index contributed by atoms with van der Waals surface area (Å²) in [4.78, 5) is 25.0. The zero-order valence-corrected chi connectivity index (χ0v) is 15.9. The van der Waals surface area contributed by atoms with E-state index in [1.54, 1.807) is 0 Å². The maximum absolute atomic E-state index is 12.9. The molecule has 3 heterocycles. The fourth-order valence-corrected chi connectivity index (χ4v) is 4.78. The van der Waals surface area contributed by atoms with Gasteiger partial charge in [0.25, 0.3) is 0 Å². The molecule has 1 aromatic carbocycles. The molecule has 4 rings (SSSR count). The minimum atomic E-state index is 0.222. The highest BCUT2D eigenvalue weighted by Crippen LogP contribution is 2.37. The summed E-state index contributed by atoms with van der Waals surface area (Å²) in [7, 11) is 0. The van der Waals surface area contributed by atoms with Crippen LogP contribution in [0.15, 0.2) is 53.6 Å². The van der Waals surface area contributed by atoms with E-state index >= 15 is 0 Å². The van der Waals surface area contributed by atoms with E-state index in [1.807, 2.05) is 41.1 Å². The quantitative estimate of drug-likeness (QED) is 0.833. The third-order valence-corrected chi connectivity index (χ3v) is 6.09. The fourth-order valence-electron chi connectivity index (χ4n) is 3.62. The highest BCUT2D eigenvalue weighted by Gasteiger charge is 2.27. The van der Waals surface area contributed by atoms with Crippen molar-refractivity contribution in [3.8, 4) is 0 Å². The molecule has 1 saturated heterocycles. The maximum atomic E-state index is 12.9. The molecular weight excluding hydrogens is 344 g/mol. The lowest BCUT2D eigenvalue weighted by atomic mass is 10.2. The number of para-hydroxylation sites is 1. The number of hydrogen-bond acceptors (Lipinski definition) is 5. The third kappa shape index (κ3) is 3.65. The molecule has 5 nitrogen and oxygen atoms in total. The van der Waals surface area contributed by atoms with Crippen LogP contribution in [0.5, 0.6) is 0 Å². The zero-order valence-electron chi connectivity index (χ0n) is 15.0. The van der Waals surface area contributed by atoms with Gasteiger partial charge in [-0.3, -0.25) is 4.79 Å². The number of aromatic nitrogens is 1. The van der Waals surface area contributed by atoms with Gasteiger partial charge in [0.15, 0.2) is 0 Å². The summed E-state index contributed by atoms with van der Waals surface area (Å²) in [6, 6.07) is 14.4. The summed E-state index contributed by atoms with van der Waals surface area (Å²) < 4.78 is 0. The predicted octanol–water partition coefficient (Wildman–Crippen LogP) is 2.73. The SMILES string of the molecule is C[C@H]1CN(CC(=O)N2CCN(c3ccccn3)CC2)c2ccccc2S1. The molecule has 2 aliphatic heterocycles. The Bertz CT molecular complexity index is 761. The second kappa shape index (κ2) is 7.58. The van der Waals surface area contributed by atoms with E-state index < -0.39 is 0 Å². The molecule has 0 N–H and O–H groups in total. The number of pyridine rings is 1. The number of nitrogens with zero attached hydrogens (tertiary/aromatic N) is 4. The van der Waals surface area contributed by atoms with Gasteiger partial charge < -0.3 is 14.7 Å². The third-order valence-electron chi connectivity index (χ3n) is 4.94. The second-order valence-electron chi connectivity index (χ2n) is 6.83. The Morgan fingerprint density at radius 3 is 2.65 bits per heavy atom. The van der Waals surface area contributed by atoms with Crippen molar-refractivity contribution in [2.75, 3.05) is 49.1 Å². The Morgan fingerprint density at radius 1 is 1.12 bits per heavy atom. The molecule has 1 fully saturated rings. The van der Waals surface area contributed by atoms with E-state index in [0.717, 1.165) is 38.5 Å². The number of fused-ring (bicyclic) bond motifs is 1. The van der Waals surface area contributed by atoms with Gasteiger partial charge in [0.1, 0.15) is 5.82 Å². The molecule has 1 aromatic heterocycles. The smallest absolute Gasteiger partial charge is 0.242 e. The minimum Gasteiger partial charge on any atom is -0.360 e. The van der Waals surface area contributed by atoms with Crippen molar-refractivity contribution < 1.29 is 4.79 Å². The van der Waals surface area contributed by atoms with Crippen LogP contribution in [-0.4, -0.2) is 60.3 Å². The van der Waals surface area contributed by atoms with Crippen LogP contribution in [0.25, 0.3) is 0 Å². The van der Waals surface area contributed by atoms with Crippen LogP contribution in [-0.2, 0) is 4.79 Å². The van der Waals surface area contributed by atoms with Crippen LogP contribution in [0.4, 0.5) is 11.5 Å². The van der Waals surface area contributed by atoms with Crippen molar-refractivity contribution in [2.45, 2.75) is 17.1 Å². The molecule has 136 valence electrons. The van der Waals surface area contributed by atoms with Gasteiger partial charge in [-0.2, -0.15) is 0 Å². The number of hydrogen-bond donors (Lipinski definition) is 0. The molecule has 26 heavy (non-hydrogen) atoms. The second-order valence-corrected chi connectivity index (χ2v) is 8.31. The molecule has 2 aliphatic rings. The molecule has 0 aliphatic carbocycles. The minimum absolute atomic E-state index is 0.222. The van der Waals surface area contributed by atoms with Crippen molar-refractivity contribution in [2.24, 2.45) is 0 Å². The van der Waals surface area contributed by atoms with Crippen molar-refractivity contribution >= 4 is 29.2 Å². The topological polar surface area (TPSA) is 39.7 Å². The van der Waals surface area contributed by atoms with E-state index in [2.05, 4.69) is 46.0 Å². The van der Waals surface area contributed by atoms with Crippen LogP contribution in [0.2, 0.25) is 0 Å². The molecular formula is C20H24N4OS. The average molecular weight is 369 g/mol. The normalized spacial score (nSPS) is 20.0. The van der Waals surface area contributed by atoms with E-state index in [-0.39, 0.29) is 5.91 Å². The van der Waals surface area contributed by atoms with E-state index in [0.29, 0.717) is 11.8 Å². The molecule has 6 heteroatoms. The van der Waals surface area contributed by atoms with Gasteiger partial charge in [0.2, 0.25) is 5.91 Å². The van der Waals surface area contributed by atoms with Crippen LogP contribution in [0.1, 0.15) is 6.92 Å². The Labute approximate surface area is 159 Å². The number of thioether (sulfide) groups is 1. The van der Waals surface area contributed by atoms with Crippen molar-refractivity contribution in [1.82, 2.24) is 9.88 Å². The molecule has 0 bridgehead atoms. The van der Waals surface area contributed by atoms with Gasteiger partial charge in [-0.25, -0.2) is 4.98 Å². The molecule has 2 aromatic rings. The highest BCUT2D eigenvalue weighted by atomic mass is 32.2. The summed E-state index contributed by atoms with van der Waals surface area (Å²) in [6.07, 6.45) is 1.82. The first-order valence-electron chi connectivity index (χ1n) is 9.15. The van der Waals surface area contributed by atoms with Crippen molar-refractivity contribution in [1.29, 1.82) is 0 Å². The van der Waals surface area contributed by atoms with Crippen LogP contribution >= 0.6 is 11.8 Å². The fraction of sp³-hybridized carbons (Fsp3) is 0.400. The van der Waals surface area contributed by atoms with E-state index in [1.165, 1.54) is 10.6 Å². The lowest BCUT2D eigenvalue weighted by molar-refractivity contribution is -0.130. The summed E-state index contributed by atoms with van der Waals surface area (Å²) in [5.74, 6) is 1.22. The Balaban J connectivity index is 1.38. The number of amides is 1. The number of carbonyl (C=O) groups excluding carboxylic acids is 1. The first-order valence-corrected chi connectivity index (χ1v) is 10.0. The average Bonchev–Trinajstić information content (AvgIpc) is 2.68. The van der Waals surface area contributed by atoms with Gasteiger partial charge in [0.05, 0.1) is 12.2 Å². The lowest BCUT2D eigenvalue weighted by Gasteiger charge is -2.38. The monoisotopic (exact) mass is 368 g/mol. The lowest BCUT2D eigenvalue weighted by Crippen LogP contribution is -2.52. The van der Waals surface area contributed by atoms with E-state index in [4.69, 9.17) is 0 Å². The van der Waals surface area contributed by atoms with Crippen LogP contribution < -0.4 is 9.80 Å². The van der Waals surface area contributed by atoms with Gasteiger partial charge in [-0.15, -0.1) is 11.8 Å². The van der Waals surface area contributed by atoms with Gasteiger partial charge in [-0.1, -0.05) is 25.1 Å². The van der Waals surface area contributed by atoms with Crippen LogP contribution in [0.3, 0.4) is 0 Å². The summed E-state index contributed by atoms with van der Waals surface area (Å²) in [5.41, 5.74) is 1.19. The van der Waals surface area contributed by atoms with Gasteiger partial charge in [0, 0.05) is 49.1 Å². The summed E-state index contributed by atoms with van der Waals surface area (Å²) in [5, 5.41) is 0.499. The molecule has 0 spiro atoms. The first kappa shape index (κ1) is 17.2. The van der Waals surface area contributed by atoms with Crippen molar-refractivity contribution in [3.05, 3.63) is 48.7 Å². The predicted molar refractivity (Wildman–Crippen MR) is 107 cm³/mol. The highest BCUT2D eigenvalue weighted by molar-refractivity contribution is 8.00. The van der Waals surface area contributed by atoms with Crippen molar-refractivity contribution in [3.63, 3.8) is 0 Å². The largest absolute Gasteiger partial charge is 0.360 e. The number of anilines is 2. The Morgan fingerprint density at radius 2 is 1.88 bits per heavy atom. The summed E-state index contributed by atoms with van der Waals surface area (Å²) in [6.45, 7) is 6.80. The molecule has 0 radical (unpaired) electrons. The number of benzene rings is 1. The van der Waals surface area contributed by atoms with Gasteiger partial charge >= 0.3 is 0 Å². The first-order chi connectivity index (χ1) is 12.7.